The number of hydrogen-bond acceptors (Lipinski definition) is 5. The monoisotopic (exact) mass is 568 g/mol. The standard InChI is InChI=1S/C21H33FN4O3S.HI/c1-23-20(24-14-18-13-19(22)6-5-17(18)15-30(2,27)28)25-16-21(7-11-29-12-8-21)26-9-3-4-10-26;/h5-6,13H,3-4,7-12,14-16H2,1-2H3,(H2,23,24,25);1H. The van der Waals surface area contributed by atoms with E-state index >= 15 is 0 Å². The first kappa shape index (κ1) is 26.3. The number of benzene rings is 1. The second kappa shape index (κ2) is 11.8. The molecule has 1 aromatic carbocycles. The van der Waals surface area contributed by atoms with Crippen molar-refractivity contribution in [3.63, 3.8) is 0 Å². The van der Waals surface area contributed by atoms with E-state index in [0.29, 0.717) is 23.6 Å². The summed E-state index contributed by atoms with van der Waals surface area (Å²) in [6.07, 6.45) is 5.62. The third-order valence-corrected chi connectivity index (χ3v) is 6.88. The van der Waals surface area contributed by atoms with Gasteiger partial charge in [-0.1, -0.05) is 6.07 Å². The van der Waals surface area contributed by atoms with Crippen LogP contribution in [0.4, 0.5) is 4.39 Å². The number of likely N-dealkylation sites (tertiary alicyclic amines) is 1. The van der Waals surface area contributed by atoms with Crippen LogP contribution in [0.5, 0.6) is 0 Å². The minimum atomic E-state index is -3.21. The van der Waals surface area contributed by atoms with Gasteiger partial charge in [0.1, 0.15) is 5.82 Å². The number of nitrogens with zero attached hydrogens (tertiary/aromatic N) is 2. The number of nitrogens with one attached hydrogen (secondary N) is 2. The highest BCUT2D eigenvalue weighted by Crippen LogP contribution is 2.30. The van der Waals surface area contributed by atoms with Crippen LogP contribution in [0.1, 0.15) is 36.8 Å². The highest BCUT2D eigenvalue weighted by molar-refractivity contribution is 14.0. The highest BCUT2D eigenvalue weighted by Gasteiger charge is 2.39. The van der Waals surface area contributed by atoms with Crippen LogP contribution in [-0.2, 0) is 26.9 Å². The molecule has 31 heavy (non-hydrogen) atoms. The van der Waals surface area contributed by atoms with Crippen LogP contribution in [-0.4, -0.2) is 71.0 Å². The van der Waals surface area contributed by atoms with E-state index in [0.717, 1.165) is 45.7 Å². The maximum atomic E-state index is 13.8. The molecule has 2 aliphatic rings. The van der Waals surface area contributed by atoms with Crippen LogP contribution in [0, 0.1) is 5.82 Å². The molecule has 2 saturated heterocycles. The molecule has 7 nitrogen and oxygen atoms in total. The van der Waals surface area contributed by atoms with Gasteiger partial charge in [0.15, 0.2) is 15.8 Å². The zero-order valence-corrected chi connectivity index (χ0v) is 21.5. The van der Waals surface area contributed by atoms with Gasteiger partial charge >= 0.3 is 0 Å². The Bertz CT molecular complexity index is 854. The zero-order valence-electron chi connectivity index (χ0n) is 18.3. The Kier molecular flexibility index (Phi) is 9.97. The van der Waals surface area contributed by atoms with E-state index in [9.17, 15) is 12.8 Å². The van der Waals surface area contributed by atoms with Crippen LogP contribution in [0.3, 0.4) is 0 Å². The molecule has 2 fully saturated rings. The molecule has 0 aromatic heterocycles. The minimum absolute atomic E-state index is 0. The quantitative estimate of drug-likeness (QED) is 0.299. The van der Waals surface area contributed by atoms with Crippen LogP contribution in [0.25, 0.3) is 0 Å². The van der Waals surface area contributed by atoms with Crippen molar-refractivity contribution in [2.24, 2.45) is 4.99 Å². The van der Waals surface area contributed by atoms with E-state index in [-0.39, 0.29) is 41.1 Å². The number of halogens is 2. The molecule has 2 N–H and O–H groups in total. The van der Waals surface area contributed by atoms with Crippen molar-refractivity contribution in [2.45, 2.75) is 43.5 Å². The molecule has 176 valence electrons. The first-order valence-electron chi connectivity index (χ1n) is 10.5. The predicted octanol–water partition coefficient (Wildman–Crippen LogP) is 2.30. The molecule has 0 aliphatic carbocycles. The van der Waals surface area contributed by atoms with Gasteiger partial charge in [0.25, 0.3) is 0 Å². The Morgan fingerprint density at radius 2 is 1.87 bits per heavy atom. The Morgan fingerprint density at radius 1 is 1.19 bits per heavy atom. The molecule has 0 unspecified atom stereocenters. The van der Waals surface area contributed by atoms with Gasteiger partial charge in [-0.05, 0) is 62.0 Å². The average Bonchev–Trinajstić information content (AvgIpc) is 3.25. The Labute approximate surface area is 202 Å². The molecule has 0 spiro atoms. The smallest absolute Gasteiger partial charge is 0.191 e. The summed E-state index contributed by atoms with van der Waals surface area (Å²) in [4.78, 5) is 6.88. The number of ether oxygens (including phenoxy) is 1. The fraction of sp³-hybridized carbons (Fsp3) is 0.667. The van der Waals surface area contributed by atoms with Crippen molar-refractivity contribution in [1.82, 2.24) is 15.5 Å². The van der Waals surface area contributed by atoms with Gasteiger partial charge in [-0.25, -0.2) is 12.8 Å². The second-order valence-corrected chi connectivity index (χ2v) is 10.4. The molecule has 0 saturated carbocycles. The van der Waals surface area contributed by atoms with Gasteiger partial charge in [-0.15, -0.1) is 24.0 Å². The number of sulfone groups is 1. The SMILES string of the molecule is CN=C(NCc1cc(F)ccc1CS(C)(=O)=O)NCC1(N2CCCC2)CCOCC1.I. The van der Waals surface area contributed by atoms with Gasteiger partial charge in [0.05, 0.1) is 5.75 Å². The van der Waals surface area contributed by atoms with Crippen molar-refractivity contribution in [2.75, 3.05) is 46.2 Å². The molecule has 2 heterocycles. The molecule has 0 bridgehead atoms. The second-order valence-electron chi connectivity index (χ2n) is 8.29. The van der Waals surface area contributed by atoms with E-state index in [4.69, 9.17) is 4.74 Å². The van der Waals surface area contributed by atoms with Gasteiger partial charge in [-0.2, -0.15) is 0 Å². The Morgan fingerprint density at radius 3 is 2.48 bits per heavy atom. The molecule has 2 aliphatic heterocycles. The summed E-state index contributed by atoms with van der Waals surface area (Å²) >= 11 is 0. The summed E-state index contributed by atoms with van der Waals surface area (Å²) in [5.74, 6) is 0.116. The Balaban J connectivity index is 0.00000341. The van der Waals surface area contributed by atoms with Crippen LogP contribution >= 0.6 is 24.0 Å². The van der Waals surface area contributed by atoms with Gasteiger partial charge in [0.2, 0.25) is 0 Å². The summed E-state index contributed by atoms with van der Waals surface area (Å²) in [5, 5.41) is 6.65. The van der Waals surface area contributed by atoms with Gasteiger partial charge in [-0.3, -0.25) is 9.89 Å². The maximum Gasteiger partial charge on any atom is 0.191 e. The Hall–Kier alpha value is -0.980. The normalized spacial score (nSPS) is 19.6. The summed E-state index contributed by atoms with van der Waals surface area (Å²) in [6, 6.07) is 4.21. The molecule has 0 radical (unpaired) electrons. The fourth-order valence-corrected chi connectivity index (χ4v) is 5.22. The van der Waals surface area contributed by atoms with Gasteiger partial charge < -0.3 is 15.4 Å². The van der Waals surface area contributed by atoms with E-state index in [1.807, 2.05) is 0 Å². The number of aliphatic imine (C=N–C) groups is 1. The highest BCUT2D eigenvalue weighted by atomic mass is 127. The van der Waals surface area contributed by atoms with Crippen molar-refractivity contribution >= 4 is 39.8 Å². The number of rotatable bonds is 7. The topological polar surface area (TPSA) is 83.0 Å². The summed E-state index contributed by atoms with van der Waals surface area (Å²) in [5.41, 5.74) is 1.27. The van der Waals surface area contributed by atoms with Crippen molar-refractivity contribution in [1.29, 1.82) is 0 Å². The average molecular weight is 568 g/mol. The van der Waals surface area contributed by atoms with Crippen LogP contribution < -0.4 is 10.6 Å². The zero-order chi connectivity index (χ0) is 21.6. The van der Waals surface area contributed by atoms with Crippen molar-refractivity contribution in [3.05, 3.63) is 35.1 Å². The predicted molar refractivity (Wildman–Crippen MR) is 132 cm³/mol. The van der Waals surface area contributed by atoms with E-state index in [1.165, 1.54) is 37.3 Å². The molecule has 3 rings (SSSR count). The lowest BCUT2D eigenvalue weighted by Crippen LogP contribution is -2.58. The largest absolute Gasteiger partial charge is 0.381 e. The third kappa shape index (κ3) is 7.54. The summed E-state index contributed by atoms with van der Waals surface area (Å²) < 4.78 is 42.8. The lowest BCUT2D eigenvalue weighted by atomic mass is 9.88. The van der Waals surface area contributed by atoms with Crippen molar-refractivity contribution in [3.8, 4) is 0 Å². The molecular formula is C21H34FIN4O3S. The number of hydrogen-bond donors (Lipinski definition) is 2. The van der Waals surface area contributed by atoms with Crippen LogP contribution in [0.2, 0.25) is 0 Å². The minimum Gasteiger partial charge on any atom is -0.381 e. The first-order valence-corrected chi connectivity index (χ1v) is 12.6. The first-order chi connectivity index (χ1) is 14.3. The van der Waals surface area contributed by atoms with E-state index < -0.39 is 9.84 Å². The van der Waals surface area contributed by atoms with Gasteiger partial charge in [0, 0.05) is 45.1 Å². The van der Waals surface area contributed by atoms with Crippen LogP contribution in [0.15, 0.2) is 23.2 Å². The van der Waals surface area contributed by atoms with Crippen molar-refractivity contribution < 1.29 is 17.5 Å². The third-order valence-electron chi connectivity index (χ3n) is 6.04. The lowest BCUT2D eigenvalue weighted by molar-refractivity contribution is -0.0164. The lowest BCUT2D eigenvalue weighted by Gasteiger charge is -2.45. The molecule has 0 atom stereocenters. The molecule has 0 amide bonds. The maximum absolute atomic E-state index is 13.8. The fourth-order valence-electron chi connectivity index (χ4n) is 4.38. The summed E-state index contributed by atoms with van der Waals surface area (Å²) in [7, 11) is -1.51. The molecule has 1 aromatic rings. The van der Waals surface area contributed by atoms with E-state index in [2.05, 4.69) is 20.5 Å². The summed E-state index contributed by atoms with van der Waals surface area (Å²) in [6.45, 7) is 4.82. The molecule has 10 heteroatoms. The number of guanidine groups is 1. The molecular weight excluding hydrogens is 534 g/mol. The van der Waals surface area contributed by atoms with E-state index in [1.54, 1.807) is 7.05 Å².